The number of amides is 1. The van der Waals surface area contributed by atoms with Crippen LogP contribution in [0.3, 0.4) is 0 Å². The van der Waals surface area contributed by atoms with Gasteiger partial charge in [0, 0.05) is 5.92 Å². The predicted octanol–water partition coefficient (Wildman–Crippen LogP) is 1.89. The van der Waals surface area contributed by atoms with E-state index in [9.17, 15) is 4.79 Å². The van der Waals surface area contributed by atoms with Gasteiger partial charge in [0.1, 0.15) is 1.55 Å². The lowest BCUT2D eigenvalue weighted by Crippen LogP contribution is -2.49. The van der Waals surface area contributed by atoms with E-state index >= 15 is 0 Å². The average Bonchev–Trinajstić information content (AvgIpc) is 2.02. The van der Waals surface area contributed by atoms with Crippen molar-refractivity contribution in [3.05, 3.63) is 0 Å². The number of alkyl halides is 2. The molecular formula is C9H16I2N2O. The van der Waals surface area contributed by atoms with Crippen LogP contribution in [0.5, 0.6) is 0 Å². The zero-order valence-corrected chi connectivity index (χ0v) is 12.8. The van der Waals surface area contributed by atoms with Gasteiger partial charge in [0.15, 0.2) is 0 Å². The minimum absolute atomic E-state index is 0.0670. The topological polar surface area (TPSA) is 41.1 Å². The Hall–Kier alpha value is 0.890. The number of carbonyl (C=O) groups excluding carboxylic acids is 1. The fourth-order valence-electron chi connectivity index (χ4n) is 1.81. The molecule has 1 fully saturated rings. The third-order valence-corrected chi connectivity index (χ3v) is 4.24. The van der Waals surface area contributed by atoms with Crippen molar-refractivity contribution < 1.29 is 4.79 Å². The molecule has 0 bridgehead atoms. The molecule has 2 unspecified atom stereocenters. The Kier molecular flexibility index (Phi) is 4.89. The van der Waals surface area contributed by atoms with Crippen molar-refractivity contribution >= 4 is 51.1 Å². The smallest absolute Gasteiger partial charge is 0.225 e. The number of hydrogen-bond donors (Lipinski definition) is 2. The van der Waals surface area contributed by atoms with Crippen molar-refractivity contribution in [2.24, 2.45) is 11.8 Å². The van der Waals surface area contributed by atoms with Crippen molar-refractivity contribution in [3.8, 4) is 0 Å². The van der Waals surface area contributed by atoms with Crippen LogP contribution in [-0.2, 0) is 4.79 Å². The largest absolute Gasteiger partial charge is 0.333 e. The van der Waals surface area contributed by atoms with E-state index < -0.39 is 0 Å². The van der Waals surface area contributed by atoms with Gasteiger partial charge in [0.05, 0.1) is 0 Å². The van der Waals surface area contributed by atoms with Gasteiger partial charge in [-0.1, -0.05) is 6.92 Å². The van der Waals surface area contributed by atoms with Crippen LogP contribution in [0.2, 0.25) is 0 Å². The molecule has 3 nitrogen and oxygen atoms in total. The van der Waals surface area contributed by atoms with Gasteiger partial charge in [-0.3, -0.25) is 4.79 Å². The number of halogens is 2. The van der Waals surface area contributed by atoms with Crippen molar-refractivity contribution in [3.63, 3.8) is 0 Å². The number of rotatable bonds is 3. The quantitative estimate of drug-likeness (QED) is 0.415. The minimum Gasteiger partial charge on any atom is -0.333 e. The molecule has 82 valence electrons. The van der Waals surface area contributed by atoms with Gasteiger partial charge in [0.2, 0.25) is 5.91 Å². The van der Waals surface area contributed by atoms with Crippen LogP contribution in [0.1, 0.15) is 19.8 Å². The summed E-state index contributed by atoms with van der Waals surface area (Å²) in [7, 11) is 1.93. The van der Waals surface area contributed by atoms with Gasteiger partial charge in [-0.05, 0) is 77.5 Å². The molecule has 1 heterocycles. The van der Waals surface area contributed by atoms with E-state index in [4.69, 9.17) is 0 Å². The number of piperidine rings is 1. The Labute approximate surface area is 112 Å². The van der Waals surface area contributed by atoms with Gasteiger partial charge in [-0.25, -0.2) is 0 Å². The van der Waals surface area contributed by atoms with Crippen LogP contribution < -0.4 is 10.6 Å². The van der Waals surface area contributed by atoms with E-state index in [2.05, 4.69) is 62.7 Å². The van der Waals surface area contributed by atoms with Gasteiger partial charge >= 0.3 is 0 Å². The maximum Gasteiger partial charge on any atom is 0.225 e. The molecule has 0 saturated carbocycles. The number of carbonyl (C=O) groups is 1. The molecule has 5 heteroatoms. The lowest BCUT2D eigenvalue weighted by Gasteiger charge is -2.34. The monoisotopic (exact) mass is 422 g/mol. The van der Waals surface area contributed by atoms with Gasteiger partial charge in [-0.15, -0.1) is 0 Å². The lowest BCUT2D eigenvalue weighted by atomic mass is 9.87. The fraction of sp³-hybridized carbons (Fsp3) is 0.889. The van der Waals surface area contributed by atoms with E-state index in [1.807, 2.05) is 7.05 Å². The van der Waals surface area contributed by atoms with E-state index in [0.29, 0.717) is 5.92 Å². The standard InChI is InChI=1S/C9H16I2N2O/c1-6(5-12-2)7-3-4-9(10,11)13-8(7)14/h6-7,12H,3-5H2,1-2H3,(H,13,14). The number of hydrogen-bond acceptors (Lipinski definition) is 2. The second-order valence-electron chi connectivity index (χ2n) is 3.87. The summed E-state index contributed by atoms with van der Waals surface area (Å²) >= 11 is 4.60. The van der Waals surface area contributed by atoms with E-state index in [0.717, 1.165) is 19.4 Å². The summed E-state index contributed by atoms with van der Waals surface area (Å²) in [6, 6.07) is 0. The third kappa shape index (κ3) is 3.48. The summed E-state index contributed by atoms with van der Waals surface area (Å²) in [5, 5.41) is 6.17. The molecule has 2 N–H and O–H groups in total. The zero-order chi connectivity index (χ0) is 10.8. The van der Waals surface area contributed by atoms with Gasteiger partial charge in [-0.2, -0.15) is 0 Å². The maximum atomic E-state index is 11.8. The van der Waals surface area contributed by atoms with Crippen LogP contribution in [0.15, 0.2) is 0 Å². The SMILES string of the molecule is CNCC(C)C1CCC(I)(I)NC1=O. The molecule has 1 aliphatic heterocycles. The Bertz CT molecular complexity index is 221. The van der Waals surface area contributed by atoms with Crippen molar-refractivity contribution in [1.29, 1.82) is 0 Å². The summed E-state index contributed by atoms with van der Waals surface area (Å²) in [6.45, 7) is 3.04. The van der Waals surface area contributed by atoms with Crippen LogP contribution in [0.4, 0.5) is 0 Å². The third-order valence-electron chi connectivity index (χ3n) is 2.63. The first kappa shape index (κ1) is 13.0. The summed E-state index contributed by atoms with van der Waals surface area (Å²) in [5.41, 5.74) is 0. The van der Waals surface area contributed by atoms with Crippen molar-refractivity contribution in [2.45, 2.75) is 21.3 Å². The van der Waals surface area contributed by atoms with Crippen LogP contribution in [-0.4, -0.2) is 21.1 Å². The molecule has 1 aliphatic rings. The van der Waals surface area contributed by atoms with E-state index in [1.165, 1.54) is 0 Å². The van der Waals surface area contributed by atoms with E-state index in [1.54, 1.807) is 0 Å². The van der Waals surface area contributed by atoms with Crippen molar-refractivity contribution in [2.75, 3.05) is 13.6 Å². The van der Waals surface area contributed by atoms with Crippen LogP contribution in [0, 0.1) is 11.8 Å². The Morgan fingerprint density at radius 2 is 2.36 bits per heavy atom. The molecule has 0 aliphatic carbocycles. The first-order chi connectivity index (χ1) is 6.46. The Morgan fingerprint density at radius 3 is 2.86 bits per heavy atom. The highest BCUT2D eigenvalue weighted by Gasteiger charge is 2.37. The second-order valence-corrected chi connectivity index (χ2v) is 9.62. The Balaban J connectivity index is 2.54. The molecule has 0 aromatic carbocycles. The minimum atomic E-state index is -0.0670. The molecule has 0 spiro atoms. The molecule has 1 saturated heterocycles. The van der Waals surface area contributed by atoms with Crippen molar-refractivity contribution in [1.82, 2.24) is 10.6 Å². The highest BCUT2D eigenvalue weighted by Crippen LogP contribution is 2.37. The van der Waals surface area contributed by atoms with E-state index in [-0.39, 0.29) is 13.4 Å². The normalized spacial score (nSPS) is 28.3. The number of nitrogens with one attached hydrogen (secondary N) is 2. The predicted molar refractivity (Wildman–Crippen MR) is 74.7 cm³/mol. The summed E-state index contributed by atoms with van der Waals surface area (Å²) in [5.74, 6) is 0.812. The maximum absolute atomic E-state index is 11.8. The molecule has 2 atom stereocenters. The van der Waals surface area contributed by atoms with Gasteiger partial charge in [0.25, 0.3) is 0 Å². The van der Waals surface area contributed by atoms with Crippen LogP contribution in [0.25, 0.3) is 0 Å². The molecule has 0 aromatic heterocycles. The molecule has 1 rings (SSSR count). The molecule has 0 radical (unpaired) electrons. The Morgan fingerprint density at radius 1 is 1.71 bits per heavy atom. The summed E-state index contributed by atoms with van der Waals surface area (Å²) in [4.78, 5) is 11.8. The highest BCUT2D eigenvalue weighted by atomic mass is 127. The van der Waals surface area contributed by atoms with Gasteiger partial charge < -0.3 is 10.6 Å². The summed E-state index contributed by atoms with van der Waals surface area (Å²) in [6.07, 6.45) is 2.05. The zero-order valence-electron chi connectivity index (χ0n) is 8.44. The highest BCUT2D eigenvalue weighted by molar-refractivity contribution is 14.2. The molecule has 14 heavy (non-hydrogen) atoms. The second kappa shape index (κ2) is 5.29. The first-order valence-corrected chi connectivity index (χ1v) is 6.96. The fourth-order valence-corrected chi connectivity index (χ4v) is 2.96. The first-order valence-electron chi connectivity index (χ1n) is 4.81. The lowest BCUT2D eigenvalue weighted by molar-refractivity contribution is -0.128. The summed E-state index contributed by atoms with van der Waals surface area (Å²) < 4.78 is -0.0670. The molecular weight excluding hydrogens is 406 g/mol. The molecule has 1 amide bonds. The average molecular weight is 422 g/mol. The molecule has 0 aromatic rings. The van der Waals surface area contributed by atoms with Crippen LogP contribution >= 0.6 is 45.2 Å².